The molecule has 3 aromatic rings. The number of benzene rings is 1. The van der Waals surface area contributed by atoms with Crippen LogP contribution in [-0.2, 0) is 11.2 Å². The molecular weight excluding hydrogens is 454 g/mol. The molecule has 1 aliphatic rings. The number of nitrogens with one attached hydrogen (secondary N) is 2. The fourth-order valence-electron chi connectivity index (χ4n) is 4.11. The quantitative estimate of drug-likeness (QED) is 0.551. The number of amides is 1. The molecule has 1 fully saturated rings. The van der Waals surface area contributed by atoms with Gasteiger partial charge in [-0.1, -0.05) is 11.2 Å². The molecule has 10 nitrogen and oxygen atoms in total. The molecule has 34 heavy (non-hydrogen) atoms. The average molecular weight is 486 g/mol. The summed E-state index contributed by atoms with van der Waals surface area (Å²) < 4.78 is 19.5. The number of hydrogen-bond acceptors (Lipinski definition) is 10. The number of ether oxygens (including phenoxy) is 1. The predicted molar refractivity (Wildman–Crippen MR) is 130 cm³/mol. The molecule has 1 amide bonds. The largest absolute Gasteiger partial charge is 0.444 e. The Balaban J connectivity index is 1.58. The Bertz CT molecular complexity index is 1160. The van der Waals surface area contributed by atoms with Crippen LogP contribution in [0, 0.1) is 13.8 Å². The van der Waals surface area contributed by atoms with Crippen molar-refractivity contribution < 1.29 is 13.9 Å². The standard InChI is InChI=1S/C23H31N7O3S/c1-14-9-16(11-23(6)13-24-7-8-30(23)21(31)33-22(3,4)5)15(2)17(10-14)26-20-28-27-19(32-20)18-12-25-34-29-18/h9-10,12,24H,7-8,11,13H2,1-6H3,(H,26,28)/t23-/m0/s1. The maximum absolute atomic E-state index is 13.0. The Kier molecular flexibility index (Phi) is 6.59. The number of aromatic nitrogens is 4. The van der Waals surface area contributed by atoms with Crippen molar-refractivity contribution in [2.24, 2.45) is 0 Å². The van der Waals surface area contributed by atoms with Gasteiger partial charge in [-0.2, -0.15) is 8.75 Å². The molecule has 1 saturated heterocycles. The first-order valence-corrected chi connectivity index (χ1v) is 12.0. The highest BCUT2D eigenvalue weighted by atomic mass is 32.1. The maximum Gasteiger partial charge on any atom is 0.410 e. The Labute approximate surface area is 203 Å². The molecule has 0 aliphatic carbocycles. The molecule has 2 aromatic heterocycles. The van der Waals surface area contributed by atoms with Gasteiger partial charge in [0.15, 0.2) is 5.69 Å². The van der Waals surface area contributed by atoms with Gasteiger partial charge in [-0.3, -0.25) is 4.90 Å². The van der Waals surface area contributed by atoms with Gasteiger partial charge in [-0.05, 0) is 70.7 Å². The van der Waals surface area contributed by atoms with Crippen LogP contribution >= 0.6 is 11.7 Å². The number of piperazine rings is 1. The summed E-state index contributed by atoms with van der Waals surface area (Å²) in [6, 6.07) is 4.48. The molecule has 1 aliphatic heterocycles. The molecular formula is C23H31N7O3S. The minimum absolute atomic E-state index is 0.281. The van der Waals surface area contributed by atoms with E-state index in [0.717, 1.165) is 40.7 Å². The highest BCUT2D eigenvalue weighted by Gasteiger charge is 2.40. The van der Waals surface area contributed by atoms with E-state index in [1.54, 1.807) is 6.20 Å². The van der Waals surface area contributed by atoms with E-state index in [2.05, 4.69) is 49.5 Å². The summed E-state index contributed by atoms with van der Waals surface area (Å²) in [5, 5.41) is 14.8. The van der Waals surface area contributed by atoms with E-state index >= 15 is 0 Å². The van der Waals surface area contributed by atoms with Gasteiger partial charge >= 0.3 is 12.1 Å². The highest BCUT2D eigenvalue weighted by molar-refractivity contribution is 6.99. The van der Waals surface area contributed by atoms with Crippen LogP contribution < -0.4 is 10.6 Å². The second-order valence-electron chi connectivity index (χ2n) is 9.91. The van der Waals surface area contributed by atoms with E-state index in [1.807, 2.05) is 38.7 Å². The van der Waals surface area contributed by atoms with Crippen molar-refractivity contribution in [3.05, 3.63) is 35.0 Å². The molecule has 0 radical (unpaired) electrons. The first kappa shape index (κ1) is 24.1. The molecule has 2 N–H and O–H groups in total. The van der Waals surface area contributed by atoms with Crippen LogP contribution in [0.25, 0.3) is 11.6 Å². The van der Waals surface area contributed by atoms with Crippen molar-refractivity contribution in [3.8, 4) is 11.6 Å². The van der Waals surface area contributed by atoms with Crippen molar-refractivity contribution in [2.75, 3.05) is 25.0 Å². The van der Waals surface area contributed by atoms with Gasteiger partial charge in [-0.25, -0.2) is 4.79 Å². The Hall–Kier alpha value is -3.05. The topological polar surface area (TPSA) is 118 Å². The summed E-state index contributed by atoms with van der Waals surface area (Å²) in [6.45, 7) is 13.9. The molecule has 1 atom stereocenters. The zero-order valence-corrected chi connectivity index (χ0v) is 21.2. The number of rotatable bonds is 5. The van der Waals surface area contributed by atoms with Gasteiger partial charge in [0, 0.05) is 25.3 Å². The van der Waals surface area contributed by atoms with E-state index < -0.39 is 11.1 Å². The lowest BCUT2D eigenvalue weighted by atomic mass is 9.86. The van der Waals surface area contributed by atoms with Crippen LogP contribution in [0.3, 0.4) is 0 Å². The molecule has 0 spiro atoms. The molecule has 0 saturated carbocycles. The van der Waals surface area contributed by atoms with Gasteiger partial charge < -0.3 is 19.8 Å². The highest BCUT2D eigenvalue weighted by Crippen LogP contribution is 2.31. The number of anilines is 2. The van der Waals surface area contributed by atoms with Crippen LogP contribution in [0.2, 0.25) is 0 Å². The third-order valence-corrected chi connectivity index (χ3v) is 6.24. The maximum atomic E-state index is 13.0. The lowest BCUT2D eigenvalue weighted by molar-refractivity contribution is -0.00681. The third-order valence-electron chi connectivity index (χ3n) is 5.76. The van der Waals surface area contributed by atoms with Crippen LogP contribution in [0.5, 0.6) is 0 Å². The van der Waals surface area contributed by atoms with E-state index in [-0.39, 0.29) is 12.1 Å². The van der Waals surface area contributed by atoms with Crippen LogP contribution in [0.4, 0.5) is 16.5 Å². The summed E-state index contributed by atoms with van der Waals surface area (Å²) in [5.74, 6) is 0.315. The van der Waals surface area contributed by atoms with Gasteiger partial charge in [0.05, 0.1) is 23.5 Å². The molecule has 0 unspecified atom stereocenters. The van der Waals surface area contributed by atoms with E-state index in [9.17, 15) is 4.79 Å². The van der Waals surface area contributed by atoms with Crippen LogP contribution in [0.15, 0.2) is 22.7 Å². The predicted octanol–water partition coefficient (Wildman–Crippen LogP) is 4.09. The van der Waals surface area contributed by atoms with Crippen LogP contribution in [-0.4, -0.2) is 60.7 Å². The SMILES string of the molecule is Cc1cc(C[C@@]2(C)CNCCN2C(=O)OC(C)(C)C)c(C)c(Nc2nnc(-c3cnsn3)o2)c1. The Morgan fingerprint density at radius 3 is 2.82 bits per heavy atom. The summed E-state index contributed by atoms with van der Waals surface area (Å²) in [6.07, 6.45) is 1.98. The summed E-state index contributed by atoms with van der Waals surface area (Å²) in [5.41, 5.74) is 3.71. The van der Waals surface area contributed by atoms with Crippen LogP contribution in [0.1, 0.15) is 44.4 Å². The van der Waals surface area contributed by atoms with Gasteiger partial charge in [0.2, 0.25) is 0 Å². The lowest BCUT2D eigenvalue weighted by Crippen LogP contribution is -2.63. The Morgan fingerprint density at radius 2 is 2.12 bits per heavy atom. The number of aryl methyl sites for hydroxylation is 1. The molecule has 11 heteroatoms. The van der Waals surface area contributed by atoms with Crippen molar-refractivity contribution in [3.63, 3.8) is 0 Å². The summed E-state index contributed by atoms with van der Waals surface area (Å²) in [7, 11) is 0. The molecule has 1 aromatic carbocycles. The lowest BCUT2D eigenvalue weighted by Gasteiger charge is -2.45. The van der Waals surface area contributed by atoms with Crippen molar-refractivity contribution >= 4 is 29.5 Å². The van der Waals surface area contributed by atoms with E-state index in [4.69, 9.17) is 9.15 Å². The minimum atomic E-state index is -0.545. The van der Waals surface area contributed by atoms with Gasteiger partial charge in [0.1, 0.15) is 5.60 Å². The molecule has 0 bridgehead atoms. The average Bonchev–Trinajstić information content (AvgIpc) is 3.42. The van der Waals surface area contributed by atoms with Gasteiger partial charge in [0.25, 0.3) is 5.89 Å². The zero-order valence-electron chi connectivity index (χ0n) is 20.4. The first-order valence-electron chi connectivity index (χ1n) is 11.2. The number of carbonyl (C=O) groups is 1. The van der Waals surface area contributed by atoms with E-state index in [1.165, 1.54) is 0 Å². The second kappa shape index (κ2) is 9.30. The summed E-state index contributed by atoms with van der Waals surface area (Å²) in [4.78, 5) is 14.9. The smallest absolute Gasteiger partial charge is 0.410 e. The number of nitrogens with zero attached hydrogens (tertiary/aromatic N) is 5. The molecule has 182 valence electrons. The van der Waals surface area contributed by atoms with Gasteiger partial charge in [-0.15, -0.1) is 5.10 Å². The Morgan fingerprint density at radius 1 is 1.32 bits per heavy atom. The molecule has 3 heterocycles. The fourth-order valence-corrected chi connectivity index (χ4v) is 4.52. The fraction of sp³-hybridized carbons (Fsp3) is 0.522. The zero-order chi connectivity index (χ0) is 24.5. The minimum Gasteiger partial charge on any atom is -0.444 e. The first-order chi connectivity index (χ1) is 16.0. The summed E-state index contributed by atoms with van der Waals surface area (Å²) >= 11 is 1.08. The third kappa shape index (κ3) is 5.36. The normalized spacial score (nSPS) is 18.7. The monoisotopic (exact) mass is 485 g/mol. The number of hydrogen-bond donors (Lipinski definition) is 2. The van der Waals surface area contributed by atoms with Crippen molar-refractivity contribution in [2.45, 2.75) is 59.1 Å². The number of carbonyl (C=O) groups excluding carboxylic acids is 1. The van der Waals surface area contributed by atoms with Crippen molar-refractivity contribution in [1.29, 1.82) is 0 Å². The second-order valence-corrected chi connectivity index (χ2v) is 10.5. The molecule has 4 rings (SSSR count). The van der Waals surface area contributed by atoms with Crippen molar-refractivity contribution in [1.82, 2.24) is 29.2 Å². The van der Waals surface area contributed by atoms with E-state index in [0.29, 0.717) is 31.1 Å².